The van der Waals surface area contributed by atoms with Crippen LogP contribution in [0.3, 0.4) is 0 Å². The summed E-state index contributed by atoms with van der Waals surface area (Å²) in [5, 5.41) is 4.91. The molecule has 2 aromatic rings. The Hall–Kier alpha value is -3.49. The van der Waals surface area contributed by atoms with Crippen LogP contribution in [0.25, 0.3) is 0 Å². The number of alkyl halides is 3. The fourth-order valence-electron chi connectivity index (χ4n) is 2.82. The van der Waals surface area contributed by atoms with E-state index in [0.29, 0.717) is 17.1 Å². The molecule has 0 aromatic heterocycles. The summed E-state index contributed by atoms with van der Waals surface area (Å²) in [4.78, 5) is 24.2. The van der Waals surface area contributed by atoms with E-state index in [1.807, 2.05) is 6.07 Å². The van der Waals surface area contributed by atoms with E-state index in [1.54, 1.807) is 48.5 Å². The maximum absolute atomic E-state index is 12.4. The molecular formula is C20H17F3N2O4. The van der Waals surface area contributed by atoms with Crippen molar-refractivity contribution < 1.29 is 32.2 Å². The lowest BCUT2D eigenvalue weighted by atomic mass is 9.95. The molecule has 29 heavy (non-hydrogen) atoms. The fraction of sp³-hybridized carbons (Fsp3) is 0.200. The van der Waals surface area contributed by atoms with E-state index in [1.165, 1.54) is 6.92 Å². The molecule has 0 fully saturated rings. The van der Waals surface area contributed by atoms with Crippen LogP contribution in [0, 0.1) is 0 Å². The summed E-state index contributed by atoms with van der Waals surface area (Å²) >= 11 is 0. The first-order valence-electron chi connectivity index (χ1n) is 8.58. The van der Waals surface area contributed by atoms with Crippen molar-refractivity contribution in [1.82, 2.24) is 10.6 Å². The quantitative estimate of drug-likeness (QED) is 0.730. The molecule has 9 heteroatoms. The number of esters is 1. The number of rotatable bonds is 5. The van der Waals surface area contributed by atoms with E-state index in [2.05, 4.69) is 15.4 Å². The minimum atomic E-state index is -4.66. The first-order valence-corrected chi connectivity index (χ1v) is 8.58. The number of carbonyl (C=O) groups is 2. The van der Waals surface area contributed by atoms with Crippen LogP contribution in [0.5, 0.6) is 11.5 Å². The van der Waals surface area contributed by atoms with E-state index in [-0.39, 0.29) is 11.3 Å². The molecule has 0 saturated carbocycles. The Kier molecular flexibility index (Phi) is 5.76. The monoisotopic (exact) mass is 406 g/mol. The van der Waals surface area contributed by atoms with Crippen LogP contribution < -0.4 is 15.4 Å². The molecular weight excluding hydrogens is 389 g/mol. The number of allylic oxidation sites excluding steroid dienone is 1. The summed E-state index contributed by atoms with van der Waals surface area (Å²) in [5.41, 5.74) is 0.442. The van der Waals surface area contributed by atoms with Gasteiger partial charge in [-0.25, -0.2) is 9.59 Å². The van der Waals surface area contributed by atoms with Crippen LogP contribution in [-0.4, -0.2) is 24.8 Å². The zero-order valence-electron chi connectivity index (χ0n) is 15.2. The summed E-state index contributed by atoms with van der Waals surface area (Å²) < 4.78 is 47.4. The molecule has 0 spiro atoms. The molecule has 0 unspecified atom stereocenters. The Morgan fingerprint density at radius 3 is 2.45 bits per heavy atom. The molecule has 2 N–H and O–H groups in total. The van der Waals surface area contributed by atoms with Gasteiger partial charge < -0.3 is 20.1 Å². The SMILES string of the molecule is CC1=C(C(=O)OCC(F)(F)F)[C@H](c2cccc(Oc3ccccc3)c2)NC(=O)N1. The van der Waals surface area contributed by atoms with E-state index < -0.39 is 30.8 Å². The largest absolute Gasteiger partial charge is 0.457 e. The van der Waals surface area contributed by atoms with Crippen LogP contribution >= 0.6 is 0 Å². The predicted octanol–water partition coefficient (Wildman–Crippen LogP) is 4.21. The third-order valence-electron chi connectivity index (χ3n) is 4.03. The maximum Gasteiger partial charge on any atom is 0.422 e. The Bertz CT molecular complexity index is 942. The van der Waals surface area contributed by atoms with Gasteiger partial charge in [0.15, 0.2) is 6.61 Å². The molecule has 1 heterocycles. The molecule has 1 aliphatic rings. The maximum atomic E-state index is 12.4. The Morgan fingerprint density at radius 1 is 1.07 bits per heavy atom. The summed E-state index contributed by atoms with van der Waals surface area (Å²) in [7, 11) is 0. The summed E-state index contributed by atoms with van der Waals surface area (Å²) in [5.74, 6) is -0.163. The second-order valence-corrected chi connectivity index (χ2v) is 6.25. The number of hydrogen-bond acceptors (Lipinski definition) is 4. The number of carbonyl (C=O) groups excluding carboxylic acids is 2. The lowest BCUT2D eigenvalue weighted by molar-refractivity contribution is -0.183. The van der Waals surface area contributed by atoms with Crippen LogP contribution in [0.2, 0.25) is 0 Å². The average molecular weight is 406 g/mol. The van der Waals surface area contributed by atoms with Gasteiger partial charge in [0.1, 0.15) is 11.5 Å². The first kappa shape index (κ1) is 20.2. The number of para-hydroxylation sites is 1. The van der Waals surface area contributed by atoms with Crippen molar-refractivity contribution in [2.24, 2.45) is 0 Å². The molecule has 2 amide bonds. The van der Waals surface area contributed by atoms with Crippen LogP contribution in [0.15, 0.2) is 65.9 Å². The van der Waals surface area contributed by atoms with Gasteiger partial charge in [-0.2, -0.15) is 13.2 Å². The van der Waals surface area contributed by atoms with Crippen molar-refractivity contribution in [2.45, 2.75) is 19.1 Å². The Morgan fingerprint density at radius 2 is 1.76 bits per heavy atom. The van der Waals surface area contributed by atoms with Crippen LogP contribution in [-0.2, 0) is 9.53 Å². The zero-order chi connectivity index (χ0) is 21.0. The fourth-order valence-corrected chi connectivity index (χ4v) is 2.82. The minimum absolute atomic E-state index is 0.111. The van der Waals surface area contributed by atoms with Gasteiger partial charge in [0, 0.05) is 5.70 Å². The molecule has 6 nitrogen and oxygen atoms in total. The molecule has 2 aromatic carbocycles. The number of urea groups is 1. The zero-order valence-corrected chi connectivity index (χ0v) is 15.2. The number of halogens is 3. The van der Waals surface area contributed by atoms with Crippen molar-refractivity contribution in [3.63, 3.8) is 0 Å². The topological polar surface area (TPSA) is 76.7 Å². The van der Waals surface area contributed by atoms with Crippen LogP contribution in [0.1, 0.15) is 18.5 Å². The summed E-state index contributed by atoms with van der Waals surface area (Å²) in [6.45, 7) is -0.305. The van der Waals surface area contributed by atoms with Gasteiger partial charge in [-0.3, -0.25) is 0 Å². The molecule has 0 bridgehead atoms. The highest BCUT2D eigenvalue weighted by atomic mass is 19.4. The van der Waals surface area contributed by atoms with Gasteiger partial charge in [0.2, 0.25) is 0 Å². The van der Waals surface area contributed by atoms with Crippen molar-refractivity contribution in [2.75, 3.05) is 6.61 Å². The highest BCUT2D eigenvalue weighted by Gasteiger charge is 2.35. The van der Waals surface area contributed by atoms with Gasteiger partial charge in [-0.1, -0.05) is 30.3 Å². The summed E-state index contributed by atoms with van der Waals surface area (Å²) in [6, 6.07) is 13.9. The molecule has 0 radical (unpaired) electrons. The lowest BCUT2D eigenvalue weighted by Crippen LogP contribution is -2.45. The average Bonchev–Trinajstić information content (AvgIpc) is 2.66. The van der Waals surface area contributed by atoms with Gasteiger partial charge in [0.25, 0.3) is 0 Å². The smallest absolute Gasteiger partial charge is 0.422 e. The van der Waals surface area contributed by atoms with E-state index >= 15 is 0 Å². The molecule has 3 rings (SSSR count). The number of amides is 2. The van der Waals surface area contributed by atoms with E-state index in [9.17, 15) is 22.8 Å². The van der Waals surface area contributed by atoms with Gasteiger partial charge >= 0.3 is 18.2 Å². The van der Waals surface area contributed by atoms with Crippen molar-refractivity contribution >= 4 is 12.0 Å². The highest BCUT2D eigenvalue weighted by Crippen LogP contribution is 2.31. The number of benzene rings is 2. The molecule has 0 aliphatic carbocycles. The molecule has 1 aliphatic heterocycles. The number of nitrogens with one attached hydrogen (secondary N) is 2. The van der Waals surface area contributed by atoms with Gasteiger partial charge in [-0.15, -0.1) is 0 Å². The standard InChI is InChI=1S/C20H17F3N2O4/c1-12-16(18(26)28-11-20(21,22)23)17(25-19(27)24-12)13-6-5-9-15(10-13)29-14-7-3-2-4-8-14/h2-10,17H,11H2,1H3,(H2,24,25,27)/t17-/m0/s1. The highest BCUT2D eigenvalue weighted by molar-refractivity contribution is 5.95. The van der Waals surface area contributed by atoms with Crippen molar-refractivity contribution in [3.05, 3.63) is 71.4 Å². The first-order chi connectivity index (χ1) is 13.7. The predicted molar refractivity (Wildman–Crippen MR) is 97.1 cm³/mol. The molecule has 1 atom stereocenters. The number of hydrogen-bond donors (Lipinski definition) is 2. The lowest BCUT2D eigenvalue weighted by Gasteiger charge is -2.28. The number of ether oxygens (including phenoxy) is 2. The van der Waals surface area contributed by atoms with E-state index in [0.717, 1.165) is 0 Å². The van der Waals surface area contributed by atoms with Crippen LogP contribution in [0.4, 0.5) is 18.0 Å². The molecule has 152 valence electrons. The van der Waals surface area contributed by atoms with E-state index in [4.69, 9.17) is 4.74 Å². The molecule has 0 saturated heterocycles. The van der Waals surface area contributed by atoms with Crippen molar-refractivity contribution in [3.8, 4) is 11.5 Å². The van der Waals surface area contributed by atoms with Gasteiger partial charge in [0.05, 0.1) is 11.6 Å². The second-order valence-electron chi connectivity index (χ2n) is 6.25. The normalized spacial score (nSPS) is 16.7. The third kappa shape index (κ3) is 5.28. The summed E-state index contributed by atoms with van der Waals surface area (Å²) in [6.07, 6.45) is -4.66. The van der Waals surface area contributed by atoms with Crippen molar-refractivity contribution in [1.29, 1.82) is 0 Å². The minimum Gasteiger partial charge on any atom is -0.457 e. The third-order valence-corrected chi connectivity index (χ3v) is 4.03. The Labute approximate surface area is 164 Å². The second kappa shape index (κ2) is 8.26. The Balaban J connectivity index is 1.88. The van der Waals surface area contributed by atoms with Gasteiger partial charge in [-0.05, 0) is 36.8 Å².